The summed E-state index contributed by atoms with van der Waals surface area (Å²) < 4.78 is 4.85. The first-order valence-electron chi connectivity index (χ1n) is 6.31. The highest BCUT2D eigenvalue weighted by molar-refractivity contribution is 5.85. The minimum absolute atomic E-state index is 0. The summed E-state index contributed by atoms with van der Waals surface area (Å²) in [4.78, 5) is 10.8. The molecule has 0 saturated heterocycles. The van der Waals surface area contributed by atoms with Crippen LogP contribution in [0.4, 0.5) is 0 Å². The molecule has 19 heavy (non-hydrogen) atoms. The monoisotopic (exact) mass is 287 g/mol. The zero-order valence-electron chi connectivity index (χ0n) is 11.4. The van der Waals surface area contributed by atoms with E-state index >= 15 is 0 Å². The number of halogens is 1. The molecular formula is C14H22ClNO3. The third-order valence-electron chi connectivity index (χ3n) is 2.78. The van der Waals surface area contributed by atoms with Crippen molar-refractivity contribution >= 4 is 18.4 Å². The molecule has 0 fully saturated rings. The van der Waals surface area contributed by atoms with Gasteiger partial charge in [-0.05, 0) is 24.1 Å². The zero-order valence-corrected chi connectivity index (χ0v) is 12.2. The van der Waals surface area contributed by atoms with Crippen LogP contribution in [0.1, 0.15) is 51.1 Å². The first kappa shape index (κ1) is 17.7. The fraction of sp³-hybridized carbons (Fsp3) is 0.500. The first-order chi connectivity index (χ1) is 8.54. The van der Waals surface area contributed by atoms with Gasteiger partial charge in [-0.25, -0.2) is 0 Å². The Kier molecular flexibility index (Phi) is 8.19. The van der Waals surface area contributed by atoms with Crippen LogP contribution in [0.5, 0.6) is 11.5 Å². The standard InChI is InChI=1S/C14H21NO3.ClH/c1-3-4-5-6-12(15)11-7-8-14(13(17)9-11)18-10(2)16;/h7-9,12,17H,3-6,15H2,1-2H3;1H/t12-;/m1./s1. The number of phenolic OH excluding ortho intramolecular Hbond substituents is 1. The molecule has 0 radical (unpaired) electrons. The maximum atomic E-state index is 10.8. The number of carbonyl (C=O) groups is 1. The van der Waals surface area contributed by atoms with Gasteiger partial charge in [0.05, 0.1) is 0 Å². The molecule has 0 unspecified atom stereocenters. The van der Waals surface area contributed by atoms with E-state index in [1.807, 2.05) is 0 Å². The maximum Gasteiger partial charge on any atom is 0.308 e. The average Bonchev–Trinajstić information content (AvgIpc) is 2.31. The van der Waals surface area contributed by atoms with Crippen molar-refractivity contribution in [1.82, 2.24) is 0 Å². The molecule has 0 amide bonds. The van der Waals surface area contributed by atoms with E-state index in [-0.39, 0.29) is 29.9 Å². The predicted octanol–water partition coefficient (Wildman–Crippen LogP) is 3.32. The van der Waals surface area contributed by atoms with Gasteiger partial charge in [0, 0.05) is 13.0 Å². The van der Waals surface area contributed by atoms with Crippen molar-refractivity contribution in [1.29, 1.82) is 0 Å². The second-order valence-corrected chi connectivity index (χ2v) is 4.42. The minimum Gasteiger partial charge on any atom is -0.504 e. The van der Waals surface area contributed by atoms with E-state index < -0.39 is 5.97 Å². The summed E-state index contributed by atoms with van der Waals surface area (Å²) >= 11 is 0. The molecule has 0 aliphatic heterocycles. The van der Waals surface area contributed by atoms with Crippen LogP contribution in [0.15, 0.2) is 18.2 Å². The molecular weight excluding hydrogens is 266 g/mol. The average molecular weight is 288 g/mol. The highest BCUT2D eigenvalue weighted by Crippen LogP contribution is 2.30. The molecule has 0 bridgehead atoms. The Balaban J connectivity index is 0.00000324. The summed E-state index contributed by atoms with van der Waals surface area (Å²) in [6.45, 7) is 3.44. The lowest BCUT2D eigenvalue weighted by Gasteiger charge is -2.13. The third kappa shape index (κ3) is 5.94. The molecule has 108 valence electrons. The van der Waals surface area contributed by atoms with E-state index in [4.69, 9.17) is 10.5 Å². The van der Waals surface area contributed by atoms with Gasteiger partial charge in [0.25, 0.3) is 0 Å². The van der Waals surface area contributed by atoms with Crippen LogP contribution in [0.25, 0.3) is 0 Å². The number of hydrogen-bond acceptors (Lipinski definition) is 4. The molecule has 0 aromatic heterocycles. The van der Waals surface area contributed by atoms with E-state index in [2.05, 4.69) is 6.92 Å². The van der Waals surface area contributed by atoms with Gasteiger partial charge in [-0.3, -0.25) is 4.79 Å². The number of phenols is 1. The smallest absolute Gasteiger partial charge is 0.308 e. The molecule has 4 nitrogen and oxygen atoms in total. The van der Waals surface area contributed by atoms with Gasteiger partial charge in [-0.1, -0.05) is 32.3 Å². The number of ether oxygens (including phenoxy) is 1. The highest BCUT2D eigenvalue weighted by atomic mass is 35.5. The number of carbonyl (C=O) groups excluding carboxylic acids is 1. The van der Waals surface area contributed by atoms with Crippen molar-refractivity contribution in [2.75, 3.05) is 0 Å². The van der Waals surface area contributed by atoms with Gasteiger partial charge in [-0.15, -0.1) is 12.4 Å². The Morgan fingerprint density at radius 1 is 1.42 bits per heavy atom. The Bertz CT molecular complexity index is 410. The molecule has 5 heteroatoms. The van der Waals surface area contributed by atoms with Gasteiger partial charge < -0.3 is 15.6 Å². The summed E-state index contributed by atoms with van der Waals surface area (Å²) in [6.07, 6.45) is 4.28. The number of unbranched alkanes of at least 4 members (excludes halogenated alkanes) is 2. The van der Waals surface area contributed by atoms with Crippen LogP contribution < -0.4 is 10.5 Å². The number of aromatic hydroxyl groups is 1. The number of esters is 1. The second kappa shape index (κ2) is 8.77. The van der Waals surface area contributed by atoms with Crippen molar-refractivity contribution in [3.8, 4) is 11.5 Å². The number of hydrogen-bond donors (Lipinski definition) is 2. The van der Waals surface area contributed by atoms with E-state index in [1.54, 1.807) is 18.2 Å². The Hall–Kier alpha value is -1.26. The van der Waals surface area contributed by atoms with Gasteiger partial charge in [0.2, 0.25) is 0 Å². The molecule has 1 atom stereocenters. The van der Waals surface area contributed by atoms with Crippen LogP contribution >= 0.6 is 12.4 Å². The number of benzene rings is 1. The SMILES string of the molecule is CCCCC[C@@H](N)c1ccc(OC(C)=O)c(O)c1.Cl. The molecule has 1 aromatic rings. The topological polar surface area (TPSA) is 72.5 Å². The Labute approximate surface area is 120 Å². The Morgan fingerprint density at radius 2 is 2.11 bits per heavy atom. The summed E-state index contributed by atoms with van der Waals surface area (Å²) in [6, 6.07) is 4.84. The third-order valence-corrected chi connectivity index (χ3v) is 2.78. The van der Waals surface area contributed by atoms with Gasteiger partial charge in [0.1, 0.15) is 0 Å². The minimum atomic E-state index is -0.453. The van der Waals surface area contributed by atoms with Crippen molar-refractivity contribution in [3.05, 3.63) is 23.8 Å². The normalized spacial score (nSPS) is 11.5. The molecule has 0 spiro atoms. The lowest BCUT2D eigenvalue weighted by Crippen LogP contribution is -2.10. The molecule has 1 rings (SSSR count). The molecule has 0 heterocycles. The van der Waals surface area contributed by atoms with Gasteiger partial charge >= 0.3 is 5.97 Å². The summed E-state index contributed by atoms with van der Waals surface area (Å²) in [5, 5.41) is 9.73. The van der Waals surface area contributed by atoms with Crippen LogP contribution in [-0.2, 0) is 4.79 Å². The van der Waals surface area contributed by atoms with Crippen molar-refractivity contribution in [3.63, 3.8) is 0 Å². The summed E-state index contributed by atoms with van der Waals surface area (Å²) in [5.41, 5.74) is 6.90. The van der Waals surface area contributed by atoms with Gasteiger partial charge in [-0.2, -0.15) is 0 Å². The molecule has 0 saturated carbocycles. The maximum absolute atomic E-state index is 10.8. The fourth-order valence-corrected chi connectivity index (χ4v) is 1.79. The Morgan fingerprint density at radius 3 is 2.63 bits per heavy atom. The quantitative estimate of drug-likeness (QED) is 0.478. The summed E-state index contributed by atoms with van der Waals surface area (Å²) in [7, 11) is 0. The largest absolute Gasteiger partial charge is 0.504 e. The van der Waals surface area contributed by atoms with Crippen molar-refractivity contribution in [2.45, 2.75) is 45.6 Å². The lowest BCUT2D eigenvalue weighted by molar-refractivity contribution is -0.132. The second-order valence-electron chi connectivity index (χ2n) is 4.42. The van der Waals surface area contributed by atoms with Gasteiger partial charge in [0.15, 0.2) is 11.5 Å². The lowest BCUT2D eigenvalue weighted by atomic mass is 10.0. The molecule has 0 aliphatic rings. The molecule has 0 aliphatic carbocycles. The van der Waals surface area contributed by atoms with E-state index in [9.17, 15) is 9.90 Å². The van der Waals surface area contributed by atoms with E-state index in [0.29, 0.717) is 0 Å². The number of rotatable bonds is 6. The van der Waals surface area contributed by atoms with Crippen LogP contribution in [0.2, 0.25) is 0 Å². The predicted molar refractivity (Wildman–Crippen MR) is 77.7 cm³/mol. The number of nitrogens with two attached hydrogens (primary N) is 1. The van der Waals surface area contributed by atoms with Crippen LogP contribution in [-0.4, -0.2) is 11.1 Å². The first-order valence-corrected chi connectivity index (χ1v) is 6.31. The van der Waals surface area contributed by atoms with Crippen LogP contribution in [0.3, 0.4) is 0 Å². The van der Waals surface area contributed by atoms with Crippen molar-refractivity contribution in [2.24, 2.45) is 5.73 Å². The highest BCUT2D eigenvalue weighted by Gasteiger charge is 2.10. The van der Waals surface area contributed by atoms with E-state index in [1.165, 1.54) is 6.92 Å². The zero-order chi connectivity index (χ0) is 13.5. The molecule has 3 N–H and O–H groups in total. The van der Waals surface area contributed by atoms with Crippen LogP contribution in [0, 0.1) is 0 Å². The fourth-order valence-electron chi connectivity index (χ4n) is 1.79. The van der Waals surface area contributed by atoms with Crippen molar-refractivity contribution < 1.29 is 14.6 Å². The van der Waals surface area contributed by atoms with E-state index in [0.717, 1.165) is 31.2 Å². The molecule has 1 aromatic carbocycles. The summed E-state index contributed by atoms with van der Waals surface area (Å²) in [5.74, 6) is -0.328.